The summed E-state index contributed by atoms with van der Waals surface area (Å²) in [4.78, 5) is 19.8. The Balaban J connectivity index is 1.19. The first-order valence-corrected chi connectivity index (χ1v) is 10.9. The Morgan fingerprint density at radius 1 is 1.04 bits per heavy atom. The van der Waals surface area contributed by atoms with Gasteiger partial charge in [0.05, 0.1) is 0 Å². The van der Waals surface area contributed by atoms with Crippen molar-refractivity contribution in [3.63, 3.8) is 0 Å². The zero-order valence-corrected chi connectivity index (χ0v) is 17.1. The van der Waals surface area contributed by atoms with Crippen molar-refractivity contribution in [1.29, 1.82) is 0 Å². The number of rotatable bonds is 6. The minimum Gasteiger partial charge on any atom is -0.454 e. The smallest absolute Gasteiger partial charge is 0.231 e. The van der Waals surface area contributed by atoms with E-state index >= 15 is 0 Å². The minimum absolute atomic E-state index is 0.326. The third-order valence-corrected chi connectivity index (χ3v) is 6.37. The first-order chi connectivity index (χ1) is 13.7. The maximum atomic E-state index is 12.7. The number of ether oxygens (including phenoxy) is 2. The van der Waals surface area contributed by atoms with E-state index in [4.69, 9.17) is 9.47 Å². The highest BCUT2D eigenvalue weighted by molar-refractivity contribution is 5.76. The van der Waals surface area contributed by atoms with E-state index in [-0.39, 0.29) is 0 Å². The summed E-state index contributed by atoms with van der Waals surface area (Å²) in [5.74, 6) is 2.06. The lowest BCUT2D eigenvalue weighted by Gasteiger charge is -2.37. The van der Waals surface area contributed by atoms with E-state index in [2.05, 4.69) is 33.8 Å². The second-order valence-corrected chi connectivity index (χ2v) is 8.20. The molecule has 3 heterocycles. The number of amides is 1. The van der Waals surface area contributed by atoms with Crippen molar-refractivity contribution in [3.8, 4) is 11.5 Å². The van der Waals surface area contributed by atoms with Gasteiger partial charge in [0.15, 0.2) is 11.5 Å². The Hall–Kier alpha value is -1.79. The van der Waals surface area contributed by atoms with E-state index in [9.17, 15) is 4.79 Å². The van der Waals surface area contributed by atoms with Crippen molar-refractivity contribution in [2.24, 2.45) is 0 Å². The van der Waals surface area contributed by atoms with E-state index in [0.717, 1.165) is 63.7 Å². The van der Waals surface area contributed by atoms with E-state index in [1.165, 1.54) is 24.8 Å². The Morgan fingerprint density at radius 2 is 1.82 bits per heavy atom. The Morgan fingerprint density at radius 3 is 2.64 bits per heavy atom. The number of hydrogen-bond donors (Lipinski definition) is 0. The van der Waals surface area contributed by atoms with Crippen molar-refractivity contribution in [2.45, 2.75) is 51.6 Å². The van der Waals surface area contributed by atoms with Crippen LogP contribution >= 0.6 is 0 Å². The number of piperazine rings is 1. The largest absolute Gasteiger partial charge is 0.454 e. The highest BCUT2D eigenvalue weighted by Crippen LogP contribution is 2.32. The fourth-order valence-electron chi connectivity index (χ4n) is 4.62. The predicted octanol–water partition coefficient (Wildman–Crippen LogP) is 2.71. The van der Waals surface area contributed by atoms with Crippen LogP contribution in [0.5, 0.6) is 11.5 Å². The lowest BCUT2D eigenvalue weighted by molar-refractivity contribution is -0.135. The molecule has 154 valence electrons. The molecule has 2 fully saturated rings. The van der Waals surface area contributed by atoms with Crippen molar-refractivity contribution in [1.82, 2.24) is 14.7 Å². The molecule has 1 amide bonds. The summed E-state index contributed by atoms with van der Waals surface area (Å²) >= 11 is 0. The van der Waals surface area contributed by atoms with E-state index < -0.39 is 0 Å². The molecule has 0 aromatic heterocycles. The van der Waals surface area contributed by atoms with Crippen LogP contribution in [0.3, 0.4) is 0 Å². The molecule has 3 aliphatic heterocycles. The molecule has 1 atom stereocenters. The van der Waals surface area contributed by atoms with Gasteiger partial charge >= 0.3 is 0 Å². The van der Waals surface area contributed by atoms with Gasteiger partial charge in [0.2, 0.25) is 12.7 Å². The van der Waals surface area contributed by atoms with Gasteiger partial charge in [0, 0.05) is 58.3 Å². The van der Waals surface area contributed by atoms with E-state index in [1.54, 1.807) is 0 Å². The molecule has 1 unspecified atom stereocenters. The zero-order chi connectivity index (χ0) is 19.3. The van der Waals surface area contributed by atoms with Gasteiger partial charge in [-0.15, -0.1) is 0 Å². The second kappa shape index (κ2) is 9.14. The predicted molar refractivity (Wildman–Crippen MR) is 109 cm³/mol. The van der Waals surface area contributed by atoms with Crippen LogP contribution in [0, 0.1) is 0 Å². The van der Waals surface area contributed by atoms with Crippen LogP contribution < -0.4 is 9.47 Å². The van der Waals surface area contributed by atoms with Crippen molar-refractivity contribution < 1.29 is 14.3 Å². The molecule has 28 heavy (non-hydrogen) atoms. The molecule has 6 heteroatoms. The van der Waals surface area contributed by atoms with Crippen LogP contribution in [0.2, 0.25) is 0 Å². The summed E-state index contributed by atoms with van der Waals surface area (Å²) < 4.78 is 10.9. The summed E-state index contributed by atoms with van der Waals surface area (Å²) in [6.45, 7) is 9.49. The molecule has 2 saturated heterocycles. The maximum Gasteiger partial charge on any atom is 0.231 e. The lowest BCUT2D eigenvalue weighted by atomic mass is 9.99. The summed E-state index contributed by atoms with van der Waals surface area (Å²) in [6.07, 6.45) is 5.37. The van der Waals surface area contributed by atoms with Crippen LogP contribution in [-0.4, -0.2) is 72.7 Å². The normalized spacial score (nSPS) is 23.2. The fourth-order valence-corrected chi connectivity index (χ4v) is 4.62. The highest BCUT2D eigenvalue weighted by atomic mass is 16.7. The van der Waals surface area contributed by atoms with Gasteiger partial charge in [0.1, 0.15) is 0 Å². The average Bonchev–Trinajstić information content (AvgIpc) is 3.21. The van der Waals surface area contributed by atoms with Gasteiger partial charge in [0.25, 0.3) is 0 Å². The second-order valence-electron chi connectivity index (χ2n) is 8.20. The Bertz CT molecular complexity index is 673. The molecule has 1 aromatic rings. The summed E-state index contributed by atoms with van der Waals surface area (Å²) in [7, 11) is 0. The average molecular weight is 388 g/mol. The first-order valence-electron chi connectivity index (χ1n) is 10.9. The molecular weight excluding hydrogens is 354 g/mol. The summed E-state index contributed by atoms with van der Waals surface area (Å²) in [5, 5.41) is 0. The number of benzene rings is 1. The van der Waals surface area contributed by atoms with Gasteiger partial charge < -0.3 is 19.3 Å². The van der Waals surface area contributed by atoms with Gasteiger partial charge in [-0.05, 0) is 43.4 Å². The van der Waals surface area contributed by atoms with E-state index in [1.807, 2.05) is 6.07 Å². The molecule has 0 saturated carbocycles. The molecule has 0 radical (unpaired) electrons. The van der Waals surface area contributed by atoms with Gasteiger partial charge in [-0.2, -0.15) is 0 Å². The highest BCUT2D eigenvalue weighted by Gasteiger charge is 2.26. The number of piperidine rings is 1. The van der Waals surface area contributed by atoms with Gasteiger partial charge in [-0.25, -0.2) is 0 Å². The number of hydrogen-bond acceptors (Lipinski definition) is 5. The number of likely N-dealkylation sites (tertiary alicyclic amines) is 1. The topological polar surface area (TPSA) is 45.3 Å². The quantitative estimate of drug-likeness (QED) is 0.751. The van der Waals surface area contributed by atoms with Crippen LogP contribution in [0.1, 0.15) is 44.6 Å². The summed E-state index contributed by atoms with van der Waals surface area (Å²) in [5.41, 5.74) is 1.27. The molecular formula is C22H33N3O3. The van der Waals surface area contributed by atoms with Crippen molar-refractivity contribution in [3.05, 3.63) is 23.8 Å². The molecule has 4 rings (SSSR count). The third-order valence-electron chi connectivity index (χ3n) is 6.37. The molecule has 0 spiro atoms. The Kier molecular flexibility index (Phi) is 6.37. The molecule has 0 N–H and O–H groups in total. The summed E-state index contributed by atoms with van der Waals surface area (Å²) in [6, 6.07) is 6.70. The van der Waals surface area contributed by atoms with Crippen molar-refractivity contribution >= 4 is 5.91 Å². The van der Waals surface area contributed by atoms with Crippen molar-refractivity contribution in [2.75, 3.05) is 46.1 Å². The van der Waals surface area contributed by atoms with Gasteiger partial charge in [-0.3, -0.25) is 9.69 Å². The fraction of sp³-hybridized carbons (Fsp3) is 0.682. The standard InChI is InChI=1S/C22H33N3O3/c1-2-19-5-3-4-9-25(19)22(26)8-10-23-11-13-24(14-12-23)16-18-6-7-20-21(15-18)28-17-27-20/h6-7,15,19H,2-5,8-14,16-17H2,1H3. The number of carbonyl (C=O) groups excluding carboxylic acids is 1. The SMILES string of the molecule is CCC1CCCCN1C(=O)CCN1CCN(Cc2ccc3c(c2)OCO3)CC1. The lowest BCUT2D eigenvalue weighted by Crippen LogP contribution is -2.48. The minimum atomic E-state index is 0.326. The monoisotopic (exact) mass is 387 g/mol. The van der Waals surface area contributed by atoms with Gasteiger partial charge in [-0.1, -0.05) is 13.0 Å². The first kappa shape index (κ1) is 19.5. The van der Waals surface area contributed by atoms with Crippen LogP contribution in [-0.2, 0) is 11.3 Å². The van der Waals surface area contributed by atoms with Crippen LogP contribution in [0.15, 0.2) is 18.2 Å². The van der Waals surface area contributed by atoms with Crippen LogP contribution in [0.4, 0.5) is 0 Å². The molecule has 1 aromatic carbocycles. The maximum absolute atomic E-state index is 12.7. The number of nitrogens with zero attached hydrogens (tertiary/aromatic N) is 3. The van der Waals surface area contributed by atoms with Crippen LogP contribution in [0.25, 0.3) is 0 Å². The molecule has 0 aliphatic carbocycles. The number of carbonyl (C=O) groups is 1. The zero-order valence-electron chi connectivity index (χ0n) is 17.1. The third kappa shape index (κ3) is 4.61. The molecule has 0 bridgehead atoms. The Labute approximate surface area is 168 Å². The molecule has 3 aliphatic rings. The van der Waals surface area contributed by atoms with E-state index in [0.29, 0.717) is 25.2 Å². The number of fused-ring (bicyclic) bond motifs is 1. The molecule has 6 nitrogen and oxygen atoms in total.